The van der Waals surface area contributed by atoms with Crippen LogP contribution in [0.4, 0.5) is 13.2 Å². The van der Waals surface area contributed by atoms with Gasteiger partial charge in [-0.15, -0.1) is 12.4 Å². The molecule has 5 nitrogen and oxygen atoms in total. The van der Waals surface area contributed by atoms with Gasteiger partial charge in [-0.2, -0.15) is 18.4 Å². The zero-order valence-corrected chi connectivity index (χ0v) is 13.5. The summed E-state index contributed by atoms with van der Waals surface area (Å²) in [7, 11) is -3.95. The smallest absolute Gasteiger partial charge is 0.313 e. The summed E-state index contributed by atoms with van der Waals surface area (Å²) < 4.78 is 64.6. The molecule has 0 aromatic heterocycles. The van der Waals surface area contributed by atoms with E-state index in [9.17, 15) is 21.6 Å². The van der Waals surface area contributed by atoms with Crippen molar-refractivity contribution in [2.45, 2.75) is 30.0 Å². The highest BCUT2D eigenvalue weighted by Gasteiger charge is 2.34. The van der Waals surface area contributed by atoms with Crippen LogP contribution in [-0.4, -0.2) is 27.5 Å². The molecule has 0 amide bonds. The van der Waals surface area contributed by atoms with Crippen molar-refractivity contribution < 1.29 is 21.6 Å². The summed E-state index contributed by atoms with van der Waals surface area (Å²) in [5.41, 5.74) is -1.86. The maximum Gasteiger partial charge on any atom is 0.417 e. The van der Waals surface area contributed by atoms with E-state index in [0.717, 1.165) is 31.5 Å². The second-order valence-corrected chi connectivity index (χ2v) is 6.73. The Labute approximate surface area is 138 Å². The van der Waals surface area contributed by atoms with Gasteiger partial charge in [0, 0.05) is 12.6 Å². The summed E-state index contributed by atoms with van der Waals surface area (Å²) in [6.45, 7) is 0.969. The Hall–Kier alpha value is -1.34. The summed E-state index contributed by atoms with van der Waals surface area (Å²) in [4.78, 5) is -0.352. The number of hydrogen-bond donors (Lipinski definition) is 2. The van der Waals surface area contributed by atoms with Crippen LogP contribution in [0.1, 0.15) is 24.0 Å². The summed E-state index contributed by atoms with van der Waals surface area (Å²) in [5, 5.41) is 11.9. The molecule has 1 saturated heterocycles. The average molecular weight is 370 g/mol. The van der Waals surface area contributed by atoms with E-state index in [-0.39, 0.29) is 29.9 Å². The monoisotopic (exact) mass is 369 g/mol. The van der Waals surface area contributed by atoms with Crippen molar-refractivity contribution in [3.05, 3.63) is 29.3 Å². The van der Waals surface area contributed by atoms with Crippen molar-refractivity contribution in [1.82, 2.24) is 10.0 Å². The number of nitriles is 1. The number of alkyl halides is 3. The molecule has 0 bridgehead atoms. The highest BCUT2D eigenvalue weighted by molar-refractivity contribution is 7.89. The van der Waals surface area contributed by atoms with E-state index < -0.39 is 27.3 Å². The molecule has 2 N–H and O–H groups in total. The zero-order valence-electron chi connectivity index (χ0n) is 11.9. The van der Waals surface area contributed by atoms with Crippen molar-refractivity contribution in [1.29, 1.82) is 5.26 Å². The van der Waals surface area contributed by atoms with E-state index in [1.807, 2.05) is 0 Å². The number of rotatable bonds is 4. The first kappa shape index (κ1) is 19.7. The van der Waals surface area contributed by atoms with Crippen LogP contribution in [0.2, 0.25) is 0 Å². The van der Waals surface area contributed by atoms with Crippen LogP contribution in [0.3, 0.4) is 0 Å². The fourth-order valence-electron chi connectivity index (χ4n) is 2.25. The van der Waals surface area contributed by atoms with E-state index in [0.29, 0.717) is 6.07 Å². The fourth-order valence-corrected chi connectivity index (χ4v) is 3.36. The molecule has 0 saturated carbocycles. The van der Waals surface area contributed by atoms with Gasteiger partial charge in [0.15, 0.2) is 0 Å². The number of sulfonamides is 1. The predicted octanol–water partition coefficient (Wildman–Crippen LogP) is 2.03. The van der Waals surface area contributed by atoms with Crippen molar-refractivity contribution in [3.63, 3.8) is 0 Å². The van der Waals surface area contributed by atoms with Crippen LogP contribution in [0.5, 0.6) is 0 Å². The lowest BCUT2D eigenvalue weighted by Crippen LogP contribution is -2.37. The number of halogens is 4. The molecule has 10 heteroatoms. The Balaban J connectivity index is 0.00000264. The van der Waals surface area contributed by atoms with Crippen LogP contribution < -0.4 is 10.0 Å². The van der Waals surface area contributed by atoms with Crippen molar-refractivity contribution >= 4 is 22.4 Å². The maximum atomic E-state index is 12.7. The predicted molar refractivity (Wildman–Crippen MR) is 79.6 cm³/mol. The molecule has 23 heavy (non-hydrogen) atoms. The molecule has 1 fully saturated rings. The van der Waals surface area contributed by atoms with Gasteiger partial charge in [-0.3, -0.25) is 0 Å². The standard InChI is InChI=1S/C13H14F3N3O2S.ClH/c14-13(15,16)12-4-3-11(6-9(12)7-17)22(20,21)19-8-10-2-1-5-18-10;/h3-4,6,10,18-19H,1-2,5,8H2;1H. The van der Waals surface area contributed by atoms with Crippen LogP contribution in [0, 0.1) is 11.3 Å². The molecular weight excluding hydrogens is 355 g/mol. The third-order valence-electron chi connectivity index (χ3n) is 3.41. The molecule has 1 unspecified atom stereocenters. The van der Waals surface area contributed by atoms with Crippen LogP contribution in [0.15, 0.2) is 23.1 Å². The highest BCUT2D eigenvalue weighted by Crippen LogP contribution is 2.32. The summed E-state index contributed by atoms with van der Waals surface area (Å²) in [6.07, 6.45) is -2.92. The summed E-state index contributed by atoms with van der Waals surface area (Å²) in [5.74, 6) is 0. The molecule has 1 aliphatic rings. The van der Waals surface area contributed by atoms with Crippen LogP contribution in [0.25, 0.3) is 0 Å². The average Bonchev–Trinajstić information content (AvgIpc) is 2.97. The number of nitrogens with one attached hydrogen (secondary N) is 2. The first-order valence-corrected chi connectivity index (χ1v) is 8.07. The molecule has 0 radical (unpaired) electrons. The first-order chi connectivity index (χ1) is 10.2. The van der Waals surface area contributed by atoms with Gasteiger partial charge in [-0.25, -0.2) is 13.1 Å². The number of benzene rings is 1. The van der Waals surface area contributed by atoms with Gasteiger partial charge in [0.1, 0.15) is 0 Å². The van der Waals surface area contributed by atoms with Gasteiger partial charge in [0.2, 0.25) is 10.0 Å². The second kappa shape index (κ2) is 7.49. The highest BCUT2D eigenvalue weighted by atomic mass is 35.5. The van der Waals surface area contributed by atoms with E-state index in [2.05, 4.69) is 10.0 Å². The molecule has 0 aliphatic carbocycles. The topological polar surface area (TPSA) is 82.0 Å². The van der Waals surface area contributed by atoms with E-state index >= 15 is 0 Å². The molecule has 1 aliphatic heterocycles. The zero-order chi connectivity index (χ0) is 16.4. The SMILES string of the molecule is Cl.N#Cc1cc(S(=O)(=O)NCC2CCCN2)ccc1C(F)(F)F. The number of hydrogen-bond acceptors (Lipinski definition) is 4. The summed E-state index contributed by atoms with van der Waals surface area (Å²) >= 11 is 0. The van der Waals surface area contributed by atoms with Gasteiger partial charge >= 0.3 is 6.18 Å². The van der Waals surface area contributed by atoms with E-state index in [1.165, 1.54) is 6.07 Å². The minimum absolute atomic E-state index is 0. The molecular formula is C13H15ClF3N3O2S. The molecule has 1 atom stereocenters. The van der Waals surface area contributed by atoms with Crippen molar-refractivity contribution in [3.8, 4) is 6.07 Å². The lowest BCUT2D eigenvalue weighted by molar-refractivity contribution is -0.137. The lowest BCUT2D eigenvalue weighted by atomic mass is 10.1. The Morgan fingerprint density at radius 2 is 2.09 bits per heavy atom. The quantitative estimate of drug-likeness (QED) is 0.850. The third-order valence-corrected chi connectivity index (χ3v) is 4.83. The molecule has 1 aromatic carbocycles. The second-order valence-electron chi connectivity index (χ2n) is 4.96. The Bertz CT molecular complexity index is 695. The normalized spacial score (nSPS) is 18.3. The maximum absolute atomic E-state index is 12.7. The van der Waals surface area contributed by atoms with Crippen molar-refractivity contribution in [2.75, 3.05) is 13.1 Å². The third kappa shape index (κ3) is 4.81. The van der Waals surface area contributed by atoms with Crippen molar-refractivity contribution in [2.24, 2.45) is 0 Å². The molecule has 0 spiro atoms. The van der Waals surface area contributed by atoms with Gasteiger partial charge in [0.05, 0.1) is 22.1 Å². The van der Waals surface area contributed by atoms with Gasteiger partial charge in [-0.1, -0.05) is 0 Å². The summed E-state index contributed by atoms with van der Waals surface area (Å²) in [6, 6.07) is 3.61. The van der Waals surface area contributed by atoms with Gasteiger partial charge in [0.25, 0.3) is 0 Å². The molecule has 1 aromatic rings. The Morgan fingerprint density at radius 3 is 2.61 bits per heavy atom. The van der Waals surface area contributed by atoms with Gasteiger partial charge in [-0.05, 0) is 37.6 Å². The lowest BCUT2D eigenvalue weighted by Gasteiger charge is -2.13. The Morgan fingerprint density at radius 1 is 1.39 bits per heavy atom. The minimum atomic E-state index is -4.70. The fraction of sp³-hybridized carbons (Fsp3) is 0.462. The molecule has 128 valence electrons. The van der Waals surface area contributed by atoms with Gasteiger partial charge < -0.3 is 5.32 Å². The van der Waals surface area contributed by atoms with Crippen LogP contribution >= 0.6 is 12.4 Å². The molecule has 1 heterocycles. The Kier molecular flexibility index (Phi) is 6.41. The minimum Gasteiger partial charge on any atom is -0.313 e. The largest absolute Gasteiger partial charge is 0.417 e. The van der Waals surface area contributed by atoms with E-state index in [1.54, 1.807) is 0 Å². The number of nitrogens with zero attached hydrogens (tertiary/aromatic N) is 1. The van der Waals surface area contributed by atoms with Crippen LogP contribution in [-0.2, 0) is 16.2 Å². The van der Waals surface area contributed by atoms with E-state index in [4.69, 9.17) is 5.26 Å². The molecule has 2 rings (SSSR count). The first-order valence-electron chi connectivity index (χ1n) is 6.58.